The quantitative estimate of drug-likeness (QED) is 0.739. The Kier molecular flexibility index (Phi) is 6.03. The molecule has 19 heavy (non-hydrogen) atoms. The van der Waals surface area contributed by atoms with Gasteiger partial charge in [0.25, 0.3) is 0 Å². The topological polar surface area (TPSA) is 29.5 Å². The van der Waals surface area contributed by atoms with Crippen LogP contribution in [0.5, 0.6) is 0 Å². The molecule has 0 spiro atoms. The summed E-state index contributed by atoms with van der Waals surface area (Å²) >= 11 is 0. The molecule has 3 heteroatoms. The fourth-order valence-corrected chi connectivity index (χ4v) is 1.98. The summed E-state index contributed by atoms with van der Waals surface area (Å²) in [6.07, 6.45) is 0. The Morgan fingerprint density at radius 1 is 1.32 bits per heavy atom. The molecule has 1 aromatic rings. The van der Waals surface area contributed by atoms with Gasteiger partial charge in [-0.1, -0.05) is 23.8 Å². The Labute approximate surface area is 116 Å². The second kappa shape index (κ2) is 7.29. The van der Waals surface area contributed by atoms with Gasteiger partial charge in [-0.05, 0) is 45.7 Å². The molecule has 0 aliphatic heterocycles. The van der Waals surface area contributed by atoms with Crippen molar-refractivity contribution in [2.75, 3.05) is 13.2 Å². The van der Waals surface area contributed by atoms with Crippen molar-refractivity contribution in [2.45, 2.75) is 47.2 Å². The van der Waals surface area contributed by atoms with Crippen molar-refractivity contribution < 1.29 is 9.53 Å². The summed E-state index contributed by atoms with van der Waals surface area (Å²) in [6, 6.07) is 6.75. The van der Waals surface area contributed by atoms with E-state index >= 15 is 0 Å². The van der Waals surface area contributed by atoms with Gasteiger partial charge >= 0.3 is 5.97 Å². The molecule has 0 amide bonds. The van der Waals surface area contributed by atoms with Gasteiger partial charge in [-0.15, -0.1) is 0 Å². The van der Waals surface area contributed by atoms with Gasteiger partial charge in [0.05, 0.1) is 13.2 Å². The number of nitrogens with zero attached hydrogens (tertiary/aromatic N) is 1. The lowest BCUT2D eigenvalue weighted by molar-refractivity contribution is -0.145. The maximum Gasteiger partial charge on any atom is 0.320 e. The van der Waals surface area contributed by atoms with Gasteiger partial charge in [0.1, 0.15) is 0 Å². The number of esters is 1. The van der Waals surface area contributed by atoms with E-state index in [-0.39, 0.29) is 5.97 Å². The zero-order chi connectivity index (χ0) is 14.4. The summed E-state index contributed by atoms with van der Waals surface area (Å²) in [5.41, 5.74) is 3.79. The monoisotopic (exact) mass is 263 g/mol. The van der Waals surface area contributed by atoms with Gasteiger partial charge in [0.15, 0.2) is 0 Å². The van der Waals surface area contributed by atoms with E-state index in [1.807, 2.05) is 6.92 Å². The first-order valence-electron chi connectivity index (χ1n) is 6.89. The van der Waals surface area contributed by atoms with E-state index in [9.17, 15) is 4.79 Å². The third-order valence-corrected chi connectivity index (χ3v) is 3.25. The minimum Gasteiger partial charge on any atom is -0.465 e. The Bertz CT molecular complexity index is 427. The lowest BCUT2D eigenvalue weighted by Gasteiger charge is -2.26. The molecule has 0 N–H and O–H groups in total. The van der Waals surface area contributed by atoms with Crippen LogP contribution in [0.2, 0.25) is 0 Å². The fraction of sp³-hybridized carbons (Fsp3) is 0.562. The van der Waals surface area contributed by atoms with E-state index in [4.69, 9.17) is 4.74 Å². The normalized spacial score (nSPS) is 11.1. The highest BCUT2D eigenvalue weighted by molar-refractivity contribution is 5.71. The van der Waals surface area contributed by atoms with Crippen LogP contribution in [0.1, 0.15) is 37.5 Å². The highest BCUT2D eigenvalue weighted by atomic mass is 16.5. The summed E-state index contributed by atoms with van der Waals surface area (Å²) < 4.78 is 5.03. The van der Waals surface area contributed by atoms with Crippen molar-refractivity contribution >= 4 is 5.97 Å². The summed E-state index contributed by atoms with van der Waals surface area (Å²) in [5, 5.41) is 0. The Morgan fingerprint density at radius 2 is 2.00 bits per heavy atom. The maximum absolute atomic E-state index is 11.6. The smallest absolute Gasteiger partial charge is 0.320 e. The van der Waals surface area contributed by atoms with Gasteiger partial charge in [0.2, 0.25) is 0 Å². The number of hydrogen-bond acceptors (Lipinski definition) is 3. The van der Waals surface area contributed by atoms with Crippen molar-refractivity contribution in [3.8, 4) is 0 Å². The van der Waals surface area contributed by atoms with E-state index in [0.29, 0.717) is 19.2 Å². The Hall–Kier alpha value is -1.35. The number of hydrogen-bond donors (Lipinski definition) is 0. The fourth-order valence-electron chi connectivity index (χ4n) is 1.98. The van der Waals surface area contributed by atoms with Crippen molar-refractivity contribution in [1.29, 1.82) is 0 Å². The van der Waals surface area contributed by atoms with Crippen LogP contribution in [0.15, 0.2) is 18.2 Å². The summed E-state index contributed by atoms with van der Waals surface area (Å²) in [7, 11) is 0. The van der Waals surface area contributed by atoms with Crippen LogP contribution in [-0.2, 0) is 16.1 Å². The first kappa shape index (κ1) is 15.7. The van der Waals surface area contributed by atoms with Crippen molar-refractivity contribution in [3.05, 3.63) is 34.9 Å². The molecule has 3 nitrogen and oxygen atoms in total. The molecule has 0 atom stereocenters. The molecular weight excluding hydrogens is 238 g/mol. The molecule has 0 fully saturated rings. The van der Waals surface area contributed by atoms with Gasteiger partial charge in [-0.3, -0.25) is 9.69 Å². The van der Waals surface area contributed by atoms with Crippen LogP contribution in [0, 0.1) is 13.8 Å². The largest absolute Gasteiger partial charge is 0.465 e. The van der Waals surface area contributed by atoms with E-state index < -0.39 is 0 Å². The van der Waals surface area contributed by atoms with Crippen LogP contribution in [0.25, 0.3) is 0 Å². The predicted molar refractivity (Wildman–Crippen MR) is 78.1 cm³/mol. The zero-order valence-corrected chi connectivity index (χ0v) is 12.7. The van der Waals surface area contributed by atoms with Crippen LogP contribution < -0.4 is 0 Å². The molecule has 0 heterocycles. The van der Waals surface area contributed by atoms with Gasteiger partial charge < -0.3 is 4.74 Å². The number of benzene rings is 1. The average Bonchev–Trinajstić information content (AvgIpc) is 2.33. The third-order valence-electron chi connectivity index (χ3n) is 3.25. The Morgan fingerprint density at radius 3 is 2.58 bits per heavy atom. The SMILES string of the molecule is CCOC(=O)CN(Cc1cc(C)ccc1C)C(C)C. The van der Waals surface area contributed by atoms with Gasteiger partial charge in [-0.25, -0.2) is 0 Å². The minimum absolute atomic E-state index is 0.151. The van der Waals surface area contributed by atoms with Crippen LogP contribution in [-0.4, -0.2) is 30.1 Å². The first-order chi connectivity index (χ1) is 8.93. The predicted octanol–water partition coefficient (Wildman–Crippen LogP) is 3.08. The minimum atomic E-state index is -0.151. The summed E-state index contributed by atoms with van der Waals surface area (Å²) in [5.74, 6) is -0.151. The molecule has 0 aliphatic rings. The standard InChI is InChI=1S/C16H25NO2/c1-6-19-16(18)11-17(12(2)3)10-15-9-13(4)7-8-14(15)5/h7-9,12H,6,10-11H2,1-5H3. The number of aryl methyl sites for hydroxylation is 2. The molecule has 106 valence electrons. The van der Waals surface area contributed by atoms with Crippen molar-refractivity contribution in [2.24, 2.45) is 0 Å². The van der Waals surface area contributed by atoms with Crippen molar-refractivity contribution in [1.82, 2.24) is 4.90 Å². The molecular formula is C16H25NO2. The number of carbonyl (C=O) groups excluding carboxylic acids is 1. The lowest BCUT2D eigenvalue weighted by atomic mass is 10.0. The van der Waals surface area contributed by atoms with E-state index in [1.165, 1.54) is 16.7 Å². The summed E-state index contributed by atoms with van der Waals surface area (Å²) in [4.78, 5) is 13.8. The van der Waals surface area contributed by atoms with Gasteiger partial charge in [-0.2, -0.15) is 0 Å². The molecule has 0 bridgehead atoms. The number of rotatable bonds is 6. The van der Waals surface area contributed by atoms with Crippen molar-refractivity contribution in [3.63, 3.8) is 0 Å². The number of carbonyl (C=O) groups is 1. The third kappa shape index (κ3) is 5.03. The molecule has 0 aromatic heterocycles. The number of ether oxygens (including phenoxy) is 1. The molecule has 0 saturated heterocycles. The molecule has 0 saturated carbocycles. The van der Waals surface area contributed by atoms with Crippen LogP contribution in [0.4, 0.5) is 0 Å². The van der Waals surface area contributed by atoms with E-state index in [2.05, 4.69) is 50.8 Å². The zero-order valence-electron chi connectivity index (χ0n) is 12.7. The maximum atomic E-state index is 11.6. The first-order valence-corrected chi connectivity index (χ1v) is 6.89. The molecule has 1 aromatic carbocycles. The second-order valence-electron chi connectivity index (χ2n) is 5.23. The molecule has 0 aliphatic carbocycles. The van der Waals surface area contributed by atoms with Gasteiger partial charge in [0, 0.05) is 12.6 Å². The van der Waals surface area contributed by atoms with E-state index in [0.717, 1.165) is 6.54 Å². The van der Waals surface area contributed by atoms with Crippen LogP contribution in [0.3, 0.4) is 0 Å². The molecule has 1 rings (SSSR count). The summed E-state index contributed by atoms with van der Waals surface area (Å²) in [6.45, 7) is 11.8. The van der Waals surface area contributed by atoms with Crippen LogP contribution >= 0.6 is 0 Å². The lowest BCUT2D eigenvalue weighted by Crippen LogP contribution is -2.36. The highest BCUT2D eigenvalue weighted by Gasteiger charge is 2.16. The average molecular weight is 263 g/mol. The molecule has 0 unspecified atom stereocenters. The van der Waals surface area contributed by atoms with E-state index in [1.54, 1.807) is 0 Å². The highest BCUT2D eigenvalue weighted by Crippen LogP contribution is 2.15. The Balaban J connectivity index is 2.78. The molecule has 0 radical (unpaired) electrons. The second-order valence-corrected chi connectivity index (χ2v) is 5.23.